The van der Waals surface area contributed by atoms with Crippen molar-refractivity contribution in [2.24, 2.45) is 0 Å². The number of aryl methyl sites for hydroxylation is 1. The fraction of sp³-hybridized carbons (Fsp3) is 0.435. The molecule has 0 saturated heterocycles. The van der Waals surface area contributed by atoms with Gasteiger partial charge in [0, 0.05) is 4.88 Å². The number of hydrogen-bond donors (Lipinski definition) is 1. The average Bonchev–Trinajstić information content (AvgIpc) is 3.26. The highest BCUT2D eigenvalue weighted by molar-refractivity contribution is 7.17. The van der Waals surface area contributed by atoms with Gasteiger partial charge in [0.15, 0.2) is 6.61 Å². The molecule has 0 atom stereocenters. The van der Waals surface area contributed by atoms with E-state index in [0.717, 1.165) is 35.3 Å². The second-order valence-corrected chi connectivity index (χ2v) is 9.34. The van der Waals surface area contributed by atoms with E-state index in [4.69, 9.17) is 9.47 Å². The Morgan fingerprint density at radius 2 is 1.73 bits per heavy atom. The standard InChI is InChI=1S/C23H27NO5S/c1-5-28-22(27)19-16-7-6-8-17(16)30-20(19)24-18(25)13-29-21(26)14-9-11-15(12-10-14)23(2,3)4/h9-12H,5-8,13H2,1-4H3,(H,24,25). The molecular formula is C23H27NO5S. The van der Waals surface area contributed by atoms with Gasteiger partial charge in [-0.3, -0.25) is 4.79 Å². The van der Waals surface area contributed by atoms with Gasteiger partial charge in [-0.2, -0.15) is 0 Å². The van der Waals surface area contributed by atoms with Gasteiger partial charge in [0.25, 0.3) is 5.91 Å². The summed E-state index contributed by atoms with van der Waals surface area (Å²) < 4.78 is 10.3. The quantitative estimate of drug-likeness (QED) is 0.684. The number of carbonyl (C=O) groups excluding carboxylic acids is 3. The number of benzene rings is 1. The molecule has 2 aromatic rings. The van der Waals surface area contributed by atoms with Crippen LogP contribution >= 0.6 is 11.3 Å². The third kappa shape index (κ3) is 4.90. The van der Waals surface area contributed by atoms with Gasteiger partial charge < -0.3 is 14.8 Å². The Labute approximate surface area is 180 Å². The number of rotatable bonds is 6. The van der Waals surface area contributed by atoms with Crippen molar-refractivity contribution in [3.05, 3.63) is 51.4 Å². The third-order valence-corrected chi connectivity index (χ3v) is 6.18. The minimum absolute atomic E-state index is 0.0139. The van der Waals surface area contributed by atoms with Gasteiger partial charge in [-0.25, -0.2) is 9.59 Å². The fourth-order valence-electron chi connectivity index (χ4n) is 3.39. The van der Waals surface area contributed by atoms with Gasteiger partial charge in [-0.05, 0) is 54.9 Å². The van der Waals surface area contributed by atoms with Crippen LogP contribution in [0.3, 0.4) is 0 Å². The number of carbonyl (C=O) groups is 3. The lowest BCUT2D eigenvalue weighted by molar-refractivity contribution is -0.119. The summed E-state index contributed by atoms with van der Waals surface area (Å²) >= 11 is 1.39. The second kappa shape index (κ2) is 9.00. The first kappa shape index (κ1) is 22.0. The minimum Gasteiger partial charge on any atom is -0.462 e. The zero-order chi connectivity index (χ0) is 21.9. The molecule has 1 amide bonds. The van der Waals surface area contributed by atoms with Crippen LogP contribution in [0.25, 0.3) is 0 Å². The van der Waals surface area contributed by atoms with Crippen LogP contribution in [0.5, 0.6) is 0 Å². The number of nitrogens with one attached hydrogen (secondary N) is 1. The average molecular weight is 430 g/mol. The van der Waals surface area contributed by atoms with E-state index in [1.807, 2.05) is 12.1 Å². The van der Waals surface area contributed by atoms with Crippen LogP contribution in [0.1, 0.15) is 70.8 Å². The number of anilines is 1. The lowest BCUT2D eigenvalue weighted by Gasteiger charge is -2.18. The van der Waals surface area contributed by atoms with E-state index >= 15 is 0 Å². The molecule has 1 aliphatic rings. The summed E-state index contributed by atoms with van der Waals surface area (Å²) in [5.74, 6) is -1.48. The molecule has 1 heterocycles. The molecule has 30 heavy (non-hydrogen) atoms. The maximum atomic E-state index is 12.4. The Morgan fingerprint density at radius 1 is 1.03 bits per heavy atom. The first-order valence-electron chi connectivity index (χ1n) is 10.1. The van der Waals surface area contributed by atoms with Crippen molar-refractivity contribution >= 4 is 34.2 Å². The Morgan fingerprint density at radius 3 is 2.37 bits per heavy atom. The number of thiophene rings is 1. The molecule has 1 aromatic heterocycles. The summed E-state index contributed by atoms with van der Waals surface area (Å²) in [6.45, 7) is 7.87. The number of hydrogen-bond acceptors (Lipinski definition) is 6. The van der Waals surface area contributed by atoms with E-state index < -0.39 is 24.5 Å². The smallest absolute Gasteiger partial charge is 0.341 e. The normalized spacial score (nSPS) is 12.9. The molecule has 1 aromatic carbocycles. The summed E-state index contributed by atoms with van der Waals surface area (Å²) in [5.41, 5.74) is 2.88. The van der Waals surface area contributed by atoms with Crippen LogP contribution < -0.4 is 5.32 Å². The molecule has 0 fully saturated rings. The highest BCUT2D eigenvalue weighted by atomic mass is 32.1. The lowest BCUT2D eigenvalue weighted by Crippen LogP contribution is -2.22. The van der Waals surface area contributed by atoms with Crippen LogP contribution in [0.15, 0.2) is 24.3 Å². The number of fused-ring (bicyclic) bond motifs is 1. The highest BCUT2D eigenvalue weighted by Gasteiger charge is 2.28. The van der Waals surface area contributed by atoms with E-state index in [1.54, 1.807) is 19.1 Å². The van der Waals surface area contributed by atoms with E-state index in [-0.39, 0.29) is 12.0 Å². The summed E-state index contributed by atoms with van der Waals surface area (Å²) in [7, 11) is 0. The van der Waals surface area contributed by atoms with E-state index in [1.165, 1.54) is 11.3 Å². The number of amides is 1. The van der Waals surface area contributed by atoms with Crippen molar-refractivity contribution in [3.63, 3.8) is 0 Å². The summed E-state index contributed by atoms with van der Waals surface area (Å²) in [5, 5.41) is 3.18. The van der Waals surface area contributed by atoms with Gasteiger partial charge in [-0.1, -0.05) is 32.9 Å². The monoisotopic (exact) mass is 429 g/mol. The molecule has 3 rings (SSSR count). The highest BCUT2D eigenvalue weighted by Crippen LogP contribution is 2.39. The molecule has 6 nitrogen and oxygen atoms in total. The Kier molecular flexibility index (Phi) is 6.61. The Hall–Kier alpha value is -2.67. The van der Waals surface area contributed by atoms with Crippen LogP contribution in [0.4, 0.5) is 5.00 Å². The predicted molar refractivity (Wildman–Crippen MR) is 116 cm³/mol. The summed E-state index contributed by atoms with van der Waals surface area (Å²) in [6, 6.07) is 7.16. The maximum absolute atomic E-state index is 12.4. The van der Waals surface area contributed by atoms with Crippen molar-refractivity contribution < 1.29 is 23.9 Å². The minimum atomic E-state index is -0.565. The molecule has 1 aliphatic carbocycles. The molecule has 0 spiro atoms. The molecule has 0 unspecified atom stereocenters. The third-order valence-electron chi connectivity index (χ3n) is 4.97. The molecule has 1 N–H and O–H groups in total. The zero-order valence-corrected chi connectivity index (χ0v) is 18.6. The van der Waals surface area contributed by atoms with Crippen molar-refractivity contribution in [3.8, 4) is 0 Å². The summed E-state index contributed by atoms with van der Waals surface area (Å²) in [4.78, 5) is 38.1. The van der Waals surface area contributed by atoms with Crippen LogP contribution in [-0.2, 0) is 32.5 Å². The van der Waals surface area contributed by atoms with Crippen LogP contribution in [0.2, 0.25) is 0 Å². The lowest BCUT2D eigenvalue weighted by atomic mass is 9.87. The van der Waals surface area contributed by atoms with Gasteiger partial charge in [0.05, 0.1) is 17.7 Å². The zero-order valence-electron chi connectivity index (χ0n) is 17.8. The van der Waals surface area contributed by atoms with Gasteiger partial charge in [0.2, 0.25) is 0 Å². The second-order valence-electron chi connectivity index (χ2n) is 8.23. The molecule has 0 saturated carbocycles. The molecule has 7 heteroatoms. The Balaban J connectivity index is 1.62. The van der Waals surface area contributed by atoms with E-state index in [2.05, 4.69) is 26.1 Å². The molecule has 0 aliphatic heterocycles. The number of esters is 2. The first-order chi connectivity index (χ1) is 14.2. The maximum Gasteiger partial charge on any atom is 0.341 e. The van der Waals surface area contributed by atoms with Gasteiger partial charge >= 0.3 is 11.9 Å². The Bertz CT molecular complexity index is 953. The first-order valence-corrected chi connectivity index (χ1v) is 10.9. The van der Waals surface area contributed by atoms with Gasteiger partial charge in [0.1, 0.15) is 5.00 Å². The van der Waals surface area contributed by atoms with Crippen molar-refractivity contribution in [2.45, 2.75) is 52.4 Å². The largest absolute Gasteiger partial charge is 0.462 e. The summed E-state index contributed by atoms with van der Waals surface area (Å²) in [6.07, 6.45) is 2.69. The SMILES string of the molecule is CCOC(=O)c1c(NC(=O)COC(=O)c2ccc(C(C)(C)C)cc2)sc2c1CCC2. The van der Waals surface area contributed by atoms with E-state index in [0.29, 0.717) is 16.1 Å². The topological polar surface area (TPSA) is 81.7 Å². The van der Waals surface area contributed by atoms with Crippen molar-refractivity contribution in [1.29, 1.82) is 0 Å². The van der Waals surface area contributed by atoms with Crippen molar-refractivity contribution in [1.82, 2.24) is 0 Å². The number of ether oxygens (including phenoxy) is 2. The molecular weight excluding hydrogens is 402 g/mol. The molecule has 160 valence electrons. The van der Waals surface area contributed by atoms with Crippen LogP contribution in [0, 0.1) is 0 Å². The molecule has 0 bridgehead atoms. The molecule has 0 radical (unpaired) electrons. The van der Waals surface area contributed by atoms with Gasteiger partial charge in [-0.15, -0.1) is 11.3 Å². The van der Waals surface area contributed by atoms with Crippen LogP contribution in [-0.4, -0.2) is 31.1 Å². The van der Waals surface area contributed by atoms with E-state index in [9.17, 15) is 14.4 Å². The van der Waals surface area contributed by atoms with Crippen molar-refractivity contribution in [2.75, 3.05) is 18.5 Å². The fourth-order valence-corrected chi connectivity index (χ4v) is 4.69. The predicted octanol–water partition coefficient (Wildman–Crippen LogP) is 4.51.